The summed E-state index contributed by atoms with van der Waals surface area (Å²) in [6.45, 7) is 8.91. The molecule has 5 heteroatoms. The maximum absolute atomic E-state index is 13.2. The van der Waals surface area contributed by atoms with E-state index >= 15 is 0 Å². The summed E-state index contributed by atoms with van der Waals surface area (Å²) in [5, 5.41) is 3.54. The first-order valence-corrected chi connectivity index (χ1v) is 7.28. The zero-order chi connectivity index (χ0) is 15.6. The molecule has 0 atom stereocenters. The largest absolute Gasteiger partial charge is 0.370 e. The molecule has 112 valence electrons. The molecule has 0 amide bonds. The molecule has 2 aromatic rings. The van der Waals surface area contributed by atoms with Gasteiger partial charge in [-0.05, 0) is 25.1 Å². The van der Waals surface area contributed by atoms with Crippen LogP contribution in [0.4, 0.5) is 10.2 Å². The third-order valence-corrected chi connectivity index (χ3v) is 3.27. The van der Waals surface area contributed by atoms with Crippen LogP contribution in [-0.4, -0.2) is 16.5 Å². The van der Waals surface area contributed by atoms with E-state index < -0.39 is 0 Å². The normalized spacial score (nSPS) is 11.5. The van der Waals surface area contributed by atoms with Crippen LogP contribution in [0, 0.1) is 5.82 Å². The van der Waals surface area contributed by atoms with Crippen molar-refractivity contribution in [2.45, 2.75) is 33.1 Å². The second-order valence-electron chi connectivity index (χ2n) is 5.87. The van der Waals surface area contributed by atoms with Gasteiger partial charge < -0.3 is 5.32 Å². The highest BCUT2D eigenvalue weighted by molar-refractivity contribution is 6.33. The number of nitrogens with one attached hydrogen (secondary N) is 1. The standard InChI is InChI=1S/C16H19ClFN3/c1-5-19-14-9-13(20-15(21-14)16(2,3)4)11-7-6-10(18)8-12(11)17/h6-9H,5H2,1-4H3,(H,19,20,21). The first-order valence-electron chi connectivity index (χ1n) is 6.90. The molecule has 0 saturated heterocycles. The Morgan fingerprint density at radius 3 is 2.48 bits per heavy atom. The highest BCUT2D eigenvalue weighted by atomic mass is 35.5. The molecule has 0 aliphatic rings. The van der Waals surface area contributed by atoms with Crippen LogP contribution < -0.4 is 5.32 Å². The fourth-order valence-corrected chi connectivity index (χ4v) is 2.15. The molecule has 0 unspecified atom stereocenters. The van der Waals surface area contributed by atoms with Crippen LogP contribution >= 0.6 is 11.6 Å². The molecular weight excluding hydrogens is 289 g/mol. The number of rotatable bonds is 3. The predicted octanol–water partition coefficient (Wildman–Crippen LogP) is 4.67. The minimum atomic E-state index is -0.360. The molecule has 3 nitrogen and oxygen atoms in total. The van der Waals surface area contributed by atoms with Gasteiger partial charge in [-0.3, -0.25) is 0 Å². The minimum Gasteiger partial charge on any atom is -0.370 e. The van der Waals surface area contributed by atoms with Crippen molar-refractivity contribution in [3.63, 3.8) is 0 Å². The number of hydrogen-bond donors (Lipinski definition) is 1. The summed E-state index contributed by atoms with van der Waals surface area (Å²) in [7, 11) is 0. The summed E-state index contributed by atoms with van der Waals surface area (Å²) in [6.07, 6.45) is 0. The lowest BCUT2D eigenvalue weighted by molar-refractivity contribution is 0.546. The number of benzene rings is 1. The molecule has 1 aromatic carbocycles. The zero-order valence-corrected chi connectivity index (χ0v) is 13.4. The molecule has 0 aliphatic carbocycles. The first kappa shape index (κ1) is 15.7. The van der Waals surface area contributed by atoms with Crippen molar-refractivity contribution >= 4 is 17.4 Å². The van der Waals surface area contributed by atoms with E-state index in [0.29, 0.717) is 16.3 Å². The van der Waals surface area contributed by atoms with E-state index in [4.69, 9.17) is 11.6 Å². The maximum atomic E-state index is 13.2. The fraction of sp³-hybridized carbons (Fsp3) is 0.375. The van der Waals surface area contributed by atoms with Gasteiger partial charge in [-0.25, -0.2) is 14.4 Å². The molecule has 1 aromatic heterocycles. The monoisotopic (exact) mass is 307 g/mol. The molecular formula is C16H19ClFN3. The van der Waals surface area contributed by atoms with Crippen molar-refractivity contribution in [2.24, 2.45) is 0 Å². The molecule has 0 spiro atoms. The Hall–Kier alpha value is -1.68. The highest BCUT2D eigenvalue weighted by Crippen LogP contribution is 2.30. The number of hydrogen-bond acceptors (Lipinski definition) is 3. The van der Waals surface area contributed by atoms with E-state index in [9.17, 15) is 4.39 Å². The van der Waals surface area contributed by atoms with E-state index in [0.717, 1.165) is 18.2 Å². The Balaban J connectivity index is 2.59. The smallest absolute Gasteiger partial charge is 0.136 e. The Kier molecular flexibility index (Phi) is 4.47. The van der Waals surface area contributed by atoms with Crippen molar-refractivity contribution in [3.8, 4) is 11.3 Å². The maximum Gasteiger partial charge on any atom is 0.136 e. The van der Waals surface area contributed by atoms with Crippen LogP contribution in [0.1, 0.15) is 33.5 Å². The van der Waals surface area contributed by atoms with E-state index in [1.54, 1.807) is 6.07 Å². The van der Waals surface area contributed by atoms with E-state index in [1.165, 1.54) is 12.1 Å². The molecule has 0 fully saturated rings. The molecule has 0 aliphatic heterocycles. The van der Waals surface area contributed by atoms with Gasteiger partial charge in [0.2, 0.25) is 0 Å². The van der Waals surface area contributed by atoms with Gasteiger partial charge in [0.1, 0.15) is 17.5 Å². The Labute approximate surface area is 129 Å². The molecule has 0 saturated carbocycles. The SMILES string of the molecule is CCNc1cc(-c2ccc(F)cc2Cl)nc(C(C)(C)C)n1. The Morgan fingerprint density at radius 2 is 1.90 bits per heavy atom. The van der Waals surface area contributed by atoms with Crippen molar-refractivity contribution in [1.82, 2.24) is 9.97 Å². The minimum absolute atomic E-state index is 0.188. The third-order valence-electron chi connectivity index (χ3n) is 2.96. The highest BCUT2D eigenvalue weighted by Gasteiger charge is 2.20. The molecule has 1 heterocycles. The molecule has 1 N–H and O–H groups in total. The van der Waals surface area contributed by atoms with Crippen LogP contribution in [-0.2, 0) is 5.41 Å². The van der Waals surface area contributed by atoms with Crippen LogP contribution in [0.2, 0.25) is 5.02 Å². The van der Waals surface area contributed by atoms with Gasteiger partial charge in [0.15, 0.2) is 0 Å². The Morgan fingerprint density at radius 1 is 1.19 bits per heavy atom. The summed E-state index contributed by atoms with van der Waals surface area (Å²) >= 11 is 6.14. The van der Waals surface area contributed by atoms with E-state index in [2.05, 4.69) is 15.3 Å². The molecule has 0 radical (unpaired) electrons. The number of anilines is 1. The summed E-state index contributed by atoms with van der Waals surface area (Å²) in [5.41, 5.74) is 1.20. The number of halogens is 2. The lowest BCUT2D eigenvalue weighted by Crippen LogP contribution is -2.17. The summed E-state index contributed by atoms with van der Waals surface area (Å²) in [5.74, 6) is 1.10. The summed E-state index contributed by atoms with van der Waals surface area (Å²) in [6, 6.07) is 6.15. The van der Waals surface area contributed by atoms with Gasteiger partial charge >= 0.3 is 0 Å². The quantitative estimate of drug-likeness (QED) is 0.895. The van der Waals surface area contributed by atoms with Gasteiger partial charge in [0.25, 0.3) is 0 Å². The van der Waals surface area contributed by atoms with E-state index in [1.807, 2.05) is 33.8 Å². The predicted molar refractivity (Wildman–Crippen MR) is 85.3 cm³/mol. The Bertz CT molecular complexity index is 650. The van der Waals surface area contributed by atoms with Gasteiger partial charge in [-0.1, -0.05) is 32.4 Å². The second kappa shape index (κ2) is 5.98. The lowest BCUT2D eigenvalue weighted by atomic mass is 9.95. The van der Waals surface area contributed by atoms with Crippen LogP contribution in [0.15, 0.2) is 24.3 Å². The van der Waals surface area contributed by atoms with Gasteiger partial charge in [-0.2, -0.15) is 0 Å². The summed E-state index contributed by atoms with van der Waals surface area (Å²) < 4.78 is 13.2. The molecule has 0 bridgehead atoms. The van der Waals surface area contributed by atoms with Gasteiger partial charge in [0.05, 0.1) is 10.7 Å². The number of nitrogens with zero attached hydrogens (tertiary/aromatic N) is 2. The van der Waals surface area contributed by atoms with Crippen molar-refractivity contribution in [1.29, 1.82) is 0 Å². The fourth-order valence-electron chi connectivity index (χ4n) is 1.89. The van der Waals surface area contributed by atoms with Crippen molar-refractivity contribution in [2.75, 3.05) is 11.9 Å². The van der Waals surface area contributed by atoms with Crippen molar-refractivity contribution in [3.05, 3.63) is 40.9 Å². The zero-order valence-electron chi connectivity index (χ0n) is 12.7. The topological polar surface area (TPSA) is 37.8 Å². The molecule has 2 rings (SSSR count). The van der Waals surface area contributed by atoms with Gasteiger partial charge in [-0.15, -0.1) is 0 Å². The second-order valence-corrected chi connectivity index (χ2v) is 6.27. The average molecular weight is 308 g/mol. The van der Waals surface area contributed by atoms with Crippen LogP contribution in [0.25, 0.3) is 11.3 Å². The first-order chi connectivity index (χ1) is 9.81. The third kappa shape index (κ3) is 3.70. The molecule has 21 heavy (non-hydrogen) atoms. The van der Waals surface area contributed by atoms with Crippen molar-refractivity contribution < 1.29 is 4.39 Å². The van der Waals surface area contributed by atoms with Gasteiger partial charge in [0, 0.05) is 23.6 Å². The van der Waals surface area contributed by atoms with Crippen LogP contribution in [0.5, 0.6) is 0 Å². The van der Waals surface area contributed by atoms with Crippen LogP contribution in [0.3, 0.4) is 0 Å². The van der Waals surface area contributed by atoms with E-state index in [-0.39, 0.29) is 11.2 Å². The average Bonchev–Trinajstić information content (AvgIpc) is 2.37. The summed E-state index contributed by atoms with van der Waals surface area (Å²) in [4.78, 5) is 9.12. The lowest BCUT2D eigenvalue weighted by Gasteiger charge is -2.19. The number of aromatic nitrogens is 2.